The van der Waals surface area contributed by atoms with Crippen molar-refractivity contribution in [1.29, 1.82) is 0 Å². The summed E-state index contributed by atoms with van der Waals surface area (Å²) >= 11 is 6.25. The molecule has 1 fully saturated rings. The van der Waals surface area contributed by atoms with Gasteiger partial charge in [0.2, 0.25) is 0 Å². The van der Waals surface area contributed by atoms with Crippen LogP contribution in [0.25, 0.3) is 0 Å². The van der Waals surface area contributed by atoms with Gasteiger partial charge in [0.25, 0.3) is 0 Å². The average molecular weight is 261 g/mol. The molecule has 1 heterocycles. The molecular weight excluding hydrogens is 232 g/mol. The zero-order valence-corrected chi connectivity index (χ0v) is 12.3. The van der Waals surface area contributed by atoms with Crippen LogP contribution in [0.3, 0.4) is 0 Å². The lowest BCUT2D eigenvalue weighted by Crippen LogP contribution is -2.30. The van der Waals surface area contributed by atoms with Crippen molar-refractivity contribution in [3.05, 3.63) is 0 Å². The van der Waals surface area contributed by atoms with Crippen LogP contribution >= 0.6 is 11.6 Å². The van der Waals surface area contributed by atoms with Crippen LogP contribution in [-0.2, 0) is 4.74 Å². The number of hydrogen-bond donors (Lipinski definition) is 0. The molecule has 1 rings (SSSR count). The summed E-state index contributed by atoms with van der Waals surface area (Å²) in [7, 11) is 0. The maximum Gasteiger partial charge on any atom is 0.134 e. The highest BCUT2D eigenvalue weighted by Crippen LogP contribution is 2.32. The SMILES string of the molecule is CCCCCCCCC1CC(CC)COC1Cl. The molecule has 3 unspecified atom stereocenters. The van der Waals surface area contributed by atoms with Crippen molar-refractivity contribution < 1.29 is 4.74 Å². The summed E-state index contributed by atoms with van der Waals surface area (Å²) < 4.78 is 5.65. The minimum absolute atomic E-state index is 0.0200. The Balaban J connectivity index is 2.07. The molecule has 1 aliphatic heterocycles. The number of rotatable bonds is 8. The van der Waals surface area contributed by atoms with Crippen molar-refractivity contribution in [2.24, 2.45) is 11.8 Å². The van der Waals surface area contributed by atoms with Gasteiger partial charge in [-0.25, -0.2) is 0 Å². The number of unbranched alkanes of at least 4 members (excludes halogenated alkanes) is 5. The maximum absolute atomic E-state index is 6.25. The fraction of sp³-hybridized carbons (Fsp3) is 1.00. The van der Waals surface area contributed by atoms with Crippen molar-refractivity contribution in [3.8, 4) is 0 Å². The summed E-state index contributed by atoms with van der Waals surface area (Å²) in [6.07, 6.45) is 12.0. The zero-order valence-electron chi connectivity index (χ0n) is 11.6. The van der Waals surface area contributed by atoms with E-state index in [1.165, 1.54) is 57.8 Å². The van der Waals surface area contributed by atoms with Crippen molar-refractivity contribution in [1.82, 2.24) is 0 Å². The molecule has 0 aromatic heterocycles. The lowest BCUT2D eigenvalue weighted by Gasteiger charge is -2.32. The first-order valence-corrected chi connectivity index (χ1v) is 7.97. The fourth-order valence-electron chi connectivity index (χ4n) is 2.69. The van der Waals surface area contributed by atoms with Crippen LogP contribution in [0.1, 0.15) is 71.6 Å². The van der Waals surface area contributed by atoms with Crippen LogP contribution in [0.5, 0.6) is 0 Å². The van der Waals surface area contributed by atoms with E-state index in [2.05, 4.69) is 13.8 Å². The summed E-state index contributed by atoms with van der Waals surface area (Å²) in [5, 5.41) is 0. The van der Waals surface area contributed by atoms with Gasteiger partial charge in [-0.05, 0) is 24.7 Å². The molecule has 0 aromatic rings. The predicted octanol–water partition coefficient (Wildman–Crippen LogP) is 5.36. The van der Waals surface area contributed by atoms with E-state index in [1.807, 2.05) is 0 Å². The molecule has 0 aliphatic carbocycles. The first kappa shape index (κ1) is 15.3. The quantitative estimate of drug-likeness (QED) is 0.421. The molecule has 1 aliphatic rings. The third-order valence-corrected chi connectivity index (χ3v) is 4.49. The standard InChI is InChI=1S/C15H29ClO/c1-3-5-6-7-8-9-10-14-11-13(4-2)12-17-15(14)16/h13-15H,3-12H2,1-2H3. The second-order valence-corrected chi connectivity index (χ2v) is 5.94. The van der Waals surface area contributed by atoms with Gasteiger partial charge in [-0.2, -0.15) is 0 Å². The third kappa shape index (κ3) is 6.10. The summed E-state index contributed by atoms with van der Waals surface area (Å²) in [6, 6.07) is 0. The zero-order chi connectivity index (χ0) is 12.5. The molecule has 0 aromatic carbocycles. The lowest BCUT2D eigenvalue weighted by molar-refractivity contribution is -0.0153. The molecule has 0 saturated carbocycles. The second kappa shape index (κ2) is 9.22. The van der Waals surface area contributed by atoms with Gasteiger partial charge in [-0.15, -0.1) is 0 Å². The molecule has 0 spiro atoms. The largest absolute Gasteiger partial charge is 0.362 e. The molecule has 1 saturated heterocycles. The fourth-order valence-corrected chi connectivity index (χ4v) is 2.99. The molecule has 2 heteroatoms. The molecule has 102 valence electrons. The first-order chi connectivity index (χ1) is 8.27. The first-order valence-electron chi connectivity index (χ1n) is 7.53. The summed E-state index contributed by atoms with van der Waals surface area (Å²) in [6.45, 7) is 5.39. The van der Waals surface area contributed by atoms with Gasteiger partial charge < -0.3 is 4.74 Å². The molecule has 17 heavy (non-hydrogen) atoms. The van der Waals surface area contributed by atoms with Crippen molar-refractivity contribution in [2.75, 3.05) is 6.61 Å². The predicted molar refractivity (Wildman–Crippen MR) is 75.5 cm³/mol. The van der Waals surface area contributed by atoms with Crippen LogP contribution in [-0.4, -0.2) is 12.2 Å². The number of halogens is 1. The van der Waals surface area contributed by atoms with Crippen LogP contribution in [0.4, 0.5) is 0 Å². The van der Waals surface area contributed by atoms with Crippen LogP contribution in [0.15, 0.2) is 0 Å². The molecule has 0 radical (unpaired) electrons. The topological polar surface area (TPSA) is 9.23 Å². The van der Waals surface area contributed by atoms with Gasteiger partial charge in [-0.3, -0.25) is 0 Å². The Kier molecular flexibility index (Phi) is 8.30. The minimum atomic E-state index is -0.0200. The van der Waals surface area contributed by atoms with Crippen LogP contribution < -0.4 is 0 Å². The molecular formula is C15H29ClO. The normalized spacial score (nSPS) is 29.5. The molecule has 0 bridgehead atoms. The third-order valence-electron chi connectivity index (χ3n) is 4.00. The van der Waals surface area contributed by atoms with E-state index < -0.39 is 0 Å². The monoisotopic (exact) mass is 260 g/mol. The van der Waals surface area contributed by atoms with Gasteiger partial charge in [0, 0.05) is 0 Å². The number of hydrogen-bond acceptors (Lipinski definition) is 1. The Morgan fingerprint density at radius 2 is 1.76 bits per heavy atom. The van der Waals surface area contributed by atoms with E-state index in [9.17, 15) is 0 Å². The number of ether oxygens (including phenoxy) is 1. The number of alkyl halides is 1. The lowest BCUT2D eigenvalue weighted by atomic mass is 9.87. The summed E-state index contributed by atoms with van der Waals surface area (Å²) in [5.74, 6) is 1.34. The molecule has 1 nitrogen and oxygen atoms in total. The van der Waals surface area contributed by atoms with Crippen LogP contribution in [0, 0.1) is 11.8 Å². The minimum Gasteiger partial charge on any atom is -0.362 e. The maximum atomic E-state index is 6.25. The Morgan fingerprint density at radius 3 is 2.47 bits per heavy atom. The van der Waals surface area contributed by atoms with Crippen molar-refractivity contribution in [2.45, 2.75) is 77.2 Å². The Labute approximate surface area is 112 Å². The van der Waals surface area contributed by atoms with E-state index in [1.54, 1.807) is 0 Å². The molecule has 0 N–H and O–H groups in total. The smallest absolute Gasteiger partial charge is 0.134 e. The van der Waals surface area contributed by atoms with Crippen LogP contribution in [0.2, 0.25) is 0 Å². The van der Waals surface area contributed by atoms with E-state index in [4.69, 9.17) is 16.3 Å². The highest BCUT2D eigenvalue weighted by molar-refractivity contribution is 6.19. The van der Waals surface area contributed by atoms with Gasteiger partial charge in [0.15, 0.2) is 0 Å². The molecule has 3 atom stereocenters. The van der Waals surface area contributed by atoms with Crippen molar-refractivity contribution in [3.63, 3.8) is 0 Å². The van der Waals surface area contributed by atoms with E-state index >= 15 is 0 Å². The van der Waals surface area contributed by atoms with Crippen molar-refractivity contribution >= 4 is 11.6 Å². The highest BCUT2D eigenvalue weighted by atomic mass is 35.5. The van der Waals surface area contributed by atoms with Gasteiger partial charge in [0.1, 0.15) is 5.56 Å². The summed E-state index contributed by atoms with van der Waals surface area (Å²) in [4.78, 5) is 0. The van der Waals surface area contributed by atoms with E-state index in [-0.39, 0.29) is 5.56 Å². The Bertz CT molecular complexity index is 184. The second-order valence-electron chi connectivity index (χ2n) is 5.51. The Morgan fingerprint density at radius 1 is 1.06 bits per heavy atom. The molecule has 0 amide bonds. The van der Waals surface area contributed by atoms with E-state index in [0.29, 0.717) is 5.92 Å². The van der Waals surface area contributed by atoms with Gasteiger partial charge in [-0.1, -0.05) is 70.4 Å². The average Bonchev–Trinajstić information content (AvgIpc) is 2.35. The Hall–Kier alpha value is 0.250. The summed E-state index contributed by atoms with van der Waals surface area (Å²) in [5.41, 5.74) is -0.0200. The highest BCUT2D eigenvalue weighted by Gasteiger charge is 2.28. The van der Waals surface area contributed by atoms with Gasteiger partial charge in [0.05, 0.1) is 6.61 Å². The van der Waals surface area contributed by atoms with Gasteiger partial charge >= 0.3 is 0 Å². The van der Waals surface area contributed by atoms with E-state index in [0.717, 1.165) is 12.5 Å².